The fraction of sp³-hybridized carbons (Fsp3) is 0.360. The van der Waals surface area contributed by atoms with Crippen LogP contribution < -0.4 is 15.0 Å². The molecule has 1 aliphatic rings. The van der Waals surface area contributed by atoms with Gasteiger partial charge in [0.25, 0.3) is 0 Å². The highest BCUT2D eigenvalue weighted by atomic mass is 19.1. The van der Waals surface area contributed by atoms with Crippen molar-refractivity contribution in [2.24, 2.45) is 0 Å². The zero-order chi connectivity index (χ0) is 24.4. The van der Waals surface area contributed by atoms with Gasteiger partial charge in [-0.25, -0.2) is 14.4 Å². The van der Waals surface area contributed by atoms with Crippen LogP contribution in [0.2, 0.25) is 0 Å². The molecule has 0 radical (unpaired) electrons. The number of hydrogen-bond donors (Lipinski definition) is 1. The van der Waals surface area contributed by atoms with Gasteiger partial charge in [-0.05, 0) is 32.0 Å². The van der Waals surface area contributed by atoms with Crippen molar-refractivity contribution >= 4 is 17.4 Å². The lowest BCUT2D eigenvalue weighted by Crippen LogP contribution is -2.49. The van der Waals surface area contributed by atoms with E-state index in [1.807, 2.05) is 28.9 Å². The molecule has 0 atom stereocenters. The largest absolute Gasteiger partial charge is 0.496 e. The third kappa shape index (κ3) is 4.74. The van der Waals surface area contributed by atoms with E-state index < -0.39 is 0 Å². The summed E-state index contributed by atoms with van der Waals surface area (Å²) in [4.78, 5) is 14.0. The number of benzene rings is 1. The summed E-state index contributed by atoms with van der Waals surface area (Å²) < 4.78 is 20.7. The summed E-state index contributed by atoms with van der Waals surface area (Å²) in [5.74, 6) is 1.72. The number of hydrogen-bond acceptors (Lipinski definition) is 8. The van der Waals surface area contributed by atoms with Crippen LogP contribution in [-0.2, 0) is 6.54 Å². The number of piperazine rings is 1. The molecule has 182 valence electrons. The van der Waals surface area contributed by atoms with E-state index in [1.165, 1.54) is 19.2 Å². The smallest absolute Gasteiger partial charge is 0.225 e. The van der Waals surface area contributed by atoms with Gasteiger partial charge in [0, 0.05) is 73.9 Å². The van der Waals surface area contributed by atoms with Gasteiger partial charge < -0.3 is 15.0 Å². The lowest BCUT2D eigenvalue weighted by molar-refractivity contribution is 0.208. The quantitative estimate of drug-likeness (QED) is 0.434. The van der Waals surface area contributed by atoms with Gasteiger partial charge in [-0.3, -0.25) is 9.30 Å². The Bertz CT molecular complexity index is 1300. The molecule has 4 aromatic rings. The number of aromatic nitrogens is 5. The monoisotopic (exact) mass is 476 g/mol. The molecule has 9 nitrogen and oxygen atoms in total. The first-order chi connectivity index (χ1) is 17.0. The average Bonchev–Trinajstić information content (AvgIpc) is 3.38. The molecule has 4 heterocycles. The lowest BCUT2D eigenvalue weighted by Gasteiger charge is -2.36. The van der Waals surface area contributed by atoms with Crippen LogP contribution in [-0.4, -0.2) is 68.8 Å². The van der Waals surface area contributed by atoms with Gasteiger partial charge in [0.05, 0.1) is 7.11 Å². The molecule has 10 heteroatoms. The lowest BCUT2D eigenvalue weighted by atomic mass is 10.1. The SMILES string of the molecule is COc1cc(F)ccc1CNc1ccc(-c2cnc(N3CCN(C(C)C)CC3)nc2)c2nncn12. The topological polar surface area (TPSA) is 83.7 Å². The fourth-order valence-electron chi connectivity index (χ4n) is 4.39. The molecule has 1 N–H and O–H groups in total. The Balaban J connectivity index is 1.33. The van der Waals surface area contributed by atoms with Gasteiger partial charge in [0.2, 0.25) is 5.95 Å². The normalized spacial score (nSPS) is 14.6. The summed E-state index contributed by atoms with van der Waals surface area (Å²) in [5, 5.41) is 11.8. The highest BCUT2D eigenvalue weighted by molar-refractivity contribution is 5.78. The van der Waals surface area contributed by atoms with Crippen molar-refractivity contribution in [1.82, 2.24) is 29.5 Å². The Labute approximate surface area is 203 Å². The molecule has 1 fully saturated rings. The van der Waals surface area contributed by atoms with E-state index in [0.717, 1.165) is 54.6 Å². The van der Waals surface area contributed by atoms with Gasteiger partial charge >= 0.3 is 0 Å². The summed E-state index contributed by atoms with van der Waals surface area (Å²) in [7, 11) is 1.53. The Kier molecular flexibility index (Phi) is 6.45. The first-order valence-electron chi connectivity index (χ1n) is 11.7. The van der Waals surface area contributed by atoms with Crippen LogP contribution in [0, 0.1) is 5.82 Å². The fourth-order valence-corrected chi connectivity index (χ4v) is 4.39. The molecule has 1 saturated heterocycles. The molecule has 0 bridgehead atoms. The van der Waals surface area contributed by atoms with E-state index in [4.69, 9.17) is 4.74 Å². The second-order valence-electron chi connectivity index (χ2n) is 8.86. The summed E-state index contributed by atoms with van der Waals surface area (Å²) in [6.45, 7) is 8.79. The summed E-state index contributed by atoms with van der Waals surface area (Å²) in [5.41, 5.74) is 3.31. The first-order valence-corrected chi connectivity index (χ1v) is 11.7. The number of nitrogens with one attached hydrogen (secondary N) is 1. The number of nitrogens with zero attached hydrogens (tertiary/aromatic N) is 7. The minimum absolute atomic E-state index is 0.331. The number of rotatable bonds is 7. The Morgan fingerprint density at radius 2 is 1.83 bits per heavy atom. The van der Waals surface area contributed by atoms with Crippen LogP contribution in [0.15, 0.2) is 49.1 Å². The maximum Gasteiger partial charge on any atom is 0.225 e. The Hall–Kier alpha value is -3.79. The van der Waals surface area contributed by atoms with Gasteiger partial charge in [-0.15, -0.1) is 10.2 Å². The van der Waals surface area contributed by atoms with E-state index in [9.17, 15) is 4.39 Å². The number of fused-ring (bicyclic) bond motifs is 1. The number of anilines is 2. The maximum absolute atomic E-state index is 13.5. The van der Waals surface area contributed by atoms with E-state index in [1.54, 1.807) is 12.4 Å². The van der Waals surface area contributed by atoms with Gasteiger partial charge in [-0.1, -0.05) is 6.07 Å². The molecule has 35 heavy (non-hydrogen) atoms. The second kappa shape index (κ2) is 9.83. The number of ether oxygens (including phenoxy) is 1. The van der Waals surface area contributed by atoms with Crippen molar-refractivity contribution in [3.05, 3.63) is 60.4 Å². The van der Waals surface area contributed by atoms with Crippen LogP contribution in [0.1, 0.15) is 19.4 Å². The van der Waals surface area contributed by atoms with E-state index in [-0.39, 0.29) is 5.82 Å². The zero-order valence-electron chi connectivity index (χ0n) is 20.1. The van der Waals surface area contributed by atoms with E-state index in [2.05, 4.69) is 49.1 Å². The number of pyridine rings is 1. The van der Waals surface area contributed by atoms with Crippen LogP contribution in [0.4, 0.5) is 16.2 Å². The van der Waals surface area contributed by atoms with Crippen molar-refractivity contribution < 1.29 is 9.13 Å². The second-order valence-corrected chi connectivity index (χ2v) is 8.86. The standard InChI is InChI=1S/C25H29FN8O/c1-17(2)32-8-10-33(11-9-32)25-28-14-19(15-29-25)21-6-7-23(34-16-30-31-24(21)34)27-13-18-4-5-20(26)12-22(18)35-3/h4-7,12,14-17,27H,8-11,13H2,1-3H3. The summed E-state index contributed by atoms with van der Waals surface area (Å²) in [6.07, 6.45) is 5.35. The van der Waals surface area contributed by atoms with Gasteiger partial charge in [0.15, 0.2) is 5.65 Å². The molecule has 1 aromatic carbocycles. The van der Waals surface area contributed by atoms with Crippen molar-refractivity contribution in [2.45, 2.75) is 26.4 Å². The number of methoxy groups -OCH3 is 1. The average molecular weight is 477 g/mol. The highest BCUT2D eigenvalue weighted by Gasteiger charge is 2.21. The minimum atomic E-state index is -0.331. The van der Waals surface area contributed by atoms with Crippen molar-refractivity contribution in [3.63, 3.8) is 0 Å². The predicted molar refractivity (Wildman–Crippen MR) is 133 cm³/mol. The predicted octanol–water partition coefficient (Wildman–Crippen LogP) is 3.48. The zero-order valence-corrected chi connectivity index (χ0v) is 20.1. The van der Waals surface area contributed by atoms with Crippen molar-refractivity contribution in [3.8, 4) is 16.9 Å². The van der Waals surface area contributed by atoms with Crippen LogP contribution >= 0.6 is 0 Å². The Morgan fingerprint density at radius 3 is 2.54 bits per heavy atom. The maximum atomic E-state index is 13.5. The van der Waals surface area contributed by atoms with E-state index >= 15 is 0 Å². The summed E-state index contributed by atoms with van der Waals surface area (Å²) in [6, 6.07) is 9.00. The molecule has 3 aromatic heterocycles. The van der Waals surface area contributed by atoms with E-state index in [0.29, 0.717) is 24.0 Å². The molecule has 0 unspecified atom stereocenters. The van der Waals surface area contributed by atoms with Crippen LogP contribution in [0.25, 0.3) is 16.8 Å². The molecular weight excluding hydrogens is 447 g/mol. The van der Waals surface area contributed by atoms with Crippen LogP contribution in [0.5, 0.6) is 5.75 Å². The minimum Gasteiger partial charge on any atom is -0.496 e. The molecule has 0 aliphatic carbocycles. The third-order valence-corrected chi connectivity index (χ3v) is 6.44. The van der Waals surface area contributed by atoms with Crippen LogP contribution in [0.3, 0.4) is 0 Å². The summed E-state index contributed by atoms with van der Waals surface area (Å²) >= 11 is 0. The molecule has 1 aliphatic heterocycles. The molecule has 5 rings (SSSR count). The highest BCUT2D eigenvalue weighted by Crippen LogP contribution is 2.27. The van der Waals surface area contributed by atoms with Crippen molar-refractivity contribution in [2.75, 3.05) is 43.5 Å². The Morgan fingerprint density at radius 1 is 1.06 bits per heavy atom. The van der Waals surface area contributed by atoms with Gasteiger partial charge in [-0.2, -0.15) is 0 Å². The molecule has 0 saturated carbocycles. The number of halogens is 1. The van der Waals surface area contributed by atoms with Crippen molar-refractivity contribution in [1.29, 1.82) is 0 Å². The van der Waals surface area contributed by atoms with Gasteiger partial charge in [0.1, 0.15) is 23.7 Å². The third-order valence-electron chi connectivity index (χ3n) is 6.44. The molecular formula is C25H29FN8O. The molecule has 0 amide bonds. The molecule has 0 spiro atoms. The first kappa shape index (κ1) is 23.0.